The molecule has 2 N–H and O–H groups in total. The zero-order chi connectivity index (χ0) is 32.1. The Hall–Kier alpha value is -2.44. The lowest BCUT2D eigenvalue weighted by molar-refractivity contribution is -0.145. The molecular formula is C38H58O6. The molecule has 2 aliphatic carbocycles. The fourth-order valence-corrected chi connectivity index (χ4v) is 7.01. The number of rotatable bonds is 17. The third kappa shape index (κ3) is 11.5. The van der Waals surface area contributed by atoms with E-state index in [0.29, 0.717) is 11.8 Å². The number of aliphatic hydroxyl groups excluding tert-OH is 2. The average Bonchev–Trinajstić information content (AvgIpc) is 3.04. The molecule has 2 fully saturated rings. The van der Waals surface area contributed by atoms with Crippen molar-refractivity contribution in [3.05, 3.63) is 59.7 Å². The number of unbranched alkanes of at least 4 members (excludes halogenated alkanes) is 2. The molecule has 1 aromatic carbocycles. The van der Waals surface area contributed by atoms with E-state index in [1.54, 1.807) is 0 Å². The van der Waals surface area contributed by atoms with Crippen molar-refractivity contribution in [2.24, 2.45) is 23.7 Å². The summed E-state index contributed by atoms with van der Waals surface area (Å²) in [6.45, 7) is 12.6. The third-order valence-electron chi connectivity index (χ3n) is 10.3. The second-order valence-corrected chi connectivity index (χ2v) is 13.6. The topological polar surface area (TPSA) is 93.1 Å². The molecule has 2 saturated carbocycles. The molecular weight excluding hydrogens is 552 g/mol. The Kier molecular flexibility index (Phi) is 15.2. The van der Waals surface area contributed by atoms with E-state index in [4.69, 9.17) is 9.47 Å². The SMILES string of the molecule is C=C(C(=O)OCC(CCC1CCC(C2CCC(c3ccc(CCCCC)cc3)CC2)CC1)COC(=O)C(=C)C(C)O)C(C)O. The number of hydrogen-bond donors (Lipinski definition) is 2. The van der Waals surface area contributed by atoms with Crippen LogP contribution in [0.15, 0.2) is 48.6 Å². The van der Waals surface area contributed by atoms with Crippen LogP contribution in [-0.2, 0) is 25.5 Å². The highest BCUT2D eigenvalue weighted by molar-refractivity contribution is 5.89. The van der Waals surface area contributed by atoms with Gasteiger partial charge in [0.05, 0.1) is 36.6 Å². The number of esters is 2. The summed E-state index contributed by atoms with van der Waals surface area (Å²) in [4.78, 5) is 24.5. The fraction of sp³-hybridized carbons (Fsp3) is 0.684. The number of benzene rings is 1. The highest BCUT2D eigenvalue weighted by Gasteiger charge is 2.32. The molecule has 3 rings (SSSR count). The van der Waals surface area contributed by atoms with Gasteiger partial charge >= 0.3 is 11.9 Å². The van der Waals surface area contributed by atoms with Crippen molar-refractivity contribution in [1.29, 1.82) is 0 Å². The van der Waals surface area contributed by atoms with Crippen molar-refractivity contribution >= 4 is 11.9 Å². The smallest absolute Gasteiger partial charge is 0.336 e. The minimum Gasteiger partial charge on any atom is -0.462 e. The van der Waals surface area contributed by atoms with Gasteiger partial charge in [0, 0.05) is 5.92 Å². The maximum Gasteiger partial charge on any atom is 0.336 e. The van der Waals surface area contributed by atoms with E-state index < -0.39 is 24.1 Å². The van der Waals surface area contributed by atoms with Gasteiger partial charge in [0.25, 0.3) is 0 Å². The number of carbonyl (C=O) groups is 2. The van der Waals surface area contributed by atoms with Crippen molar-refractivity contribution in [3.8, 4) is 0 Å². The maximum absolute atomic E-state index is 12.2. The molecule has 0 bridgehead atoms. The maximum atomic E-state index is 12.2. The van der Waals surface area contributed by atoms with Gasteiger partial charge in [-0.1, -0.05) is 70.0 Å². The zero-order valence-corrected chi connectivity index (χ0v) is 27.6. The first-order valence-corrected chi connectivity index (χ1v) is 17.3. The lowest BCUT2D eigenvalue weighted by atomic mass is 9.68. The highest BCUT2D eigenvalue weighted by atomic mass is 16.5. The van der Waals surface area contributed by atoms with Crippen LogP contribution >= 0.6 is 0 Å². The van der Waals surface area contributed by atoms with Crippen LogP contribution in [0.25, 0.3) is 0 Å². The summed E-state index contributed by atoms with van der Waals surface area (Å²) in [5.74, 6) is 1.54. The second-order valence-electron chi connectivity index (χ2n) is 13.6. The van der Waals surface area contributed by atoms with Gasteiger partial charge in [-0.2, -0.15) is 0 Å². The van der Waals surface area contributed by atoms with Crippen molar-refractivity contribution in [3.63, 3.8) is 0 Å². The summed E-state index contributed by atoms with van der Waals surface area (Å²) < 4.78 is 10.8. The molecule has 0 radical (unpaired) electrons. The van der Waals surface area contributed by atoms with E-state index in [1.165, 1.54) is 102 Å². The molecule has 6 nitrogen and oxygen atoms in total. The Morgan fingerprint density at radius 3 is 1.77 bits per heavy atom. The molecule has 6 heteroatoms. The fourth-order valence-electron chi connectivity index (χ4n) is 7.01. The van der Waals surface area contributed by atoms with Crippen molar-refractivity contribution in [1.82, 2.24) is 0 Å². The van der Waals surface area contributed by atoms with E-state index in [1.807, 2.05) is 0 Å². The van der Waals surface area contributed by atoms with Crippen LogP contribution in [0.5, 0.6) is 0 Å². The predicted octanol–water partition coefficient (Wildman–Crippen LogP) is 7.86. The standard InChI is InChI=1S/C38H58O6/c1-6-7-8-9-30-12-16-33(17-13-30)35-20-22-36(23-21-35)34-18-14-31(15-19-34)10-11-32(24-43-37(41)26(2)28(4)39)25-44-38(42)27(3)29(5)40/h12-13,16-17,28-29,31-32,34-36,39-40H,2-3,6-11,14-15,18-25H2,1,4-5H3. The summed E-state index contributed by atoms with van der Waals surface area (Å²) in [6.07, 6.45) is 15.2. The predicted molar refractivity (Wildman–Crippen MR) is 176 cm³/mol. The molecule has 0 spiro atoms. The molecule has 1 aromatic rings. The van der Waals surface area contributed by atoms with Crippen molar-refractivity contribution in [2.45, 2.75) is 129 Å². The normalized spacial score (nSPS) is 24.1. The van der Waals surface area contributed by atoms with Crippen LogP contribution < -0.4 is 0 Å². The Morgan fingerprint density at radius 1 is 0.795 bits per heavy atom. The lowest BCUT2D eigenvalue weighted by Gasteiger charge is -2.38. The number of aryl methyl sites for hydroxylation is 1. The third-order valence-corrected chi connectivity index (χ3v) is 10.3. The van der Waals surface area contributed by atoms with E-state index in [9.17, 15) is 19.8 Å². The molecule has 0 aliphatic heterocycles. The number of hydrogen-bond acceptors (Lipinski definition) is 6. The molecule has 246 valence electrons. The quantitative estimate of drug-likeness (QED) is 0.106. The Balaban J connectivity index is 1.42. The number of aliphatic hydroxyl groups is 2. The molecule has 44 heavy (non-hydrogen) atoms. The first kappa shape index (κ1) is 36.0. The first-order chi connectivity index (χ1) is 21.1. The Morgan fingerprint density at radius 2 is 1.30 bits per heavy atom. The monoisotopic (exact) mass is 610 g/mol. The minimum absolute atomic E-state index is 0.00583. The lowest BCUT2D eigenvalue weighted by Crippen LogP contribution is -2.27. The summed E-state index contributed by atoms with van der Waals surface area (Å²) in [7, 11) is 0. The van der Waals surface area contributed by atoms with Crippen LogP contribution in [0.1, 0.15) is 121 Å². The Bertz CT molecular complexity index is 1010. The van der Waals surface area contributed by atoms with Gasteiger partial charge in [-0.3, -0.25) is 0 Å². The highest BCUT2D eigenvalue weighted by Crippen LogP contribution is 2.44. The van der Waals surface area contributed by atoms with E-state index in [0.717, 1.165) is 24.7 Å². The van der Waals surface area contributed by atoms with E-state index in [2.05, 4.69) is 44.3 Å². The molecule has 0 aromatic heterocycles. The molecule has 2 unspecified atom stereocenters. The zero-order valence-electron chi connectivity index (χ0n) is 27.6. The minimum atomic E-state index is -0.981. The van der Waals surface area contributed by atoms with Crippen molar-refractivity contribution < 1.29 is 29.3 Å². The average molecular weight is 611 g/mol. The summed E-state index contributed by atoms with van der Waals surface area (Å²) in [5, 5.41) is 19.3. The molecule has 0 amide bonds. The number of carbonyl (C=O) groups excluding carboxylic acids is 2. The Labute approximate surface area is 266 Å². The molecule has 2 atom stereocenters. The van der Waals surface area contributed by atoms with Crippen LogP contribution in [0.3, 0.4) is 0 Å². The van der Waals surface area contributed by atoms with Gasteiger partial charge in [-0.05, 0) is 113 Å². The first-order valence-electron chi connectivity index (χ1n) is 17.3. The van der Waals surface area contributed by atoms with Gasteiger partial charge in [0.15, 0.2) is 0 Å². The van der Waals surface area contributed by atoms with Gasteiger partial charge in [-0.15, -0.1) is 0 Å². The largest absolute Gasteiger partial charge is 0.462 e. The molecule has 0 heterocycles. The van der Waals surface area contributed by atoms with Gasteiger partial charge in [-0.25, -0.2) is 9.59 Å². The van der Waals surface area contributed by atoms with Crippen LogP contribution in [0.4, 0.5) is 0 Å². The van der Waals surface area contributed by atoms with Crippen LogP contribution in [0, 0.1) is 23.7 Å². The summed E-state index contributed by atoms with van der Waals surface area (Å²) in [6, 6.07) is 9.49. The van der Waals surface area contributed by atoms with Gasteiger partial charge < -0.3 is 19.7 Å². The summed E-state index contributed by atoms with van der Waals surface area (Å²) >= 11 is 0. The van der Waals surface area contributed by atoms with Crippen LogP contribution in [-0.4, -0.2) is 47.6 Å². The molecule has 0 saturated heterocycles. The number of ether oxygens (including phenoxy) is 2. The molecule has 2 aliphatic rings. The summed E-state index contributed by atoms with van der Waals surface area (Å²) in [5.41, 5.74) is 3.02. The van der Waals surface area contributed by atoms with Gasteiger partial charge in [0.1, 0.15) is 0 Å². The van der Waals surface area contributed by atoms with Crippen molar-refractivity contribution in [2.75, 3.05) is 13.2 Å². The van der Waals surface area contributed by atoms with Gasteiger partial charge in [0.2, 0.25) is 0 Å². The van der Waals surface area contributed by atoms with E-state index >= 15 is 0 Å². The van der Waals surface area contributed by atoms with Crippen LogP contribution in [0.2, 0.25) is 0 Å². The van der Waals surface area contributed by atoms with E-state index in [-0.39, 0.29) is 30.3 Å². The second kappa shape index (κ2) is 18.5.